The molecule has 0 aliphatic heterocycles. The van der Waals surface area contributed by atoms with Crippen molar-refractivity contribution in [2.45, 2.75) is 6.42 Å². The molecule has 1 amide bonds. The molecule has 0 bridgehead atoms. The number of methoxy groups -OCH3 is 1. The van der Waals surface area contributed by atoms with Crippen molar-refractivity contribution >= 4 is 23.0 Å². The standard InChI is InChI=1S/C18H24N4O2/c1-22(2)17-7-5-15(6-8-17)21-18(23)14-11-16(13-19-12-14)20-9-4-10-24-3/h5-8,11-13,20H,4,9-10H2,1-3H3,(H,21,23). The predicted molar refractivity (Wildman–Crippen MR) is 97.9 cm³/mol. The summed E-state index contributed by atoms with van der Waals surface area (Å²) in [7, 11) is 5.63. The molecule has 2 rings (SSSR count). The minimum Gasteiger partial charge on any atom is -0.385 e. The lowest BCUT2D eigenvalue weighted by Gasteiger charge is -2.13. The molecule has 1 aromatic heterocycles. The molecule has 6 heteroatoms. The van der Waals surface area contributed by atoms with Crippen LogP contribution in [0.4, 0.5) is 17.1 Å². The maximum absolute atomic E-state index is 12.4. The molecular formula is C18H24N4O2. The van der Waals surface area contributed by atoms with Gasteiger partial charge in [0.1, 0.15) is 0 Å². The molecule has 2 N–H and O–H groups in total. The van der Waals surface area contributed by atoms with Gasteiger partial charge in [-0.3, -0.25) is 9.78 Å². The lowest BCUT2D eigenvalue weighted by molar-refractivity contribution is 0.102. The van der Waals surface area contributed by atoms with Gasteiger partial charge < -0.3 is 20.3 Å². The molecule has 24 heavy (non-hydrogen) atoms. The van der Waals surface area contributed by atoms with Gasteiger partial charge in [-0.1, -0.05) is 0 Å². The summed E-state index contributed by atoms with van der Waals surface area (Å²) < 4.78 is 5.01. The number of hydrogen-bond acceptors (Lipinski definition) is 5. The van der Waals surface area contributed by atoms with Crippen molar-refractivity contribution in [2.75, 3.05) is 49.9 Å². The second kappa shape index (κ2) is 8.88. The highest BCUT2D eigenvalue weighted by atomic mass is 16.5. The van der Waals surface area contributed by atoms with Gasteiger partial charge >= 0.3 is 0 Å². The van der Waals surface area contributed by atoms with E-state index in [2.05, 4.69) is 15.6 Å². The lowest BCUT2D eigenvalue weighted by atomic mass is 10.2. The molecule has 0 saturated heterocycles. The molecule has 0 fully saturated rings. The average Bonchev–Trinajstić information content (AvgIpc) is 2.59. The number of nitrogens with one attached hydrogen (secondary N) is 2. The Bertz CT molecular complexity index is 656. The zero-order valence-electron chi connectivity index (χ0n) is 14.4. The van der Waals surface area contributed by atoms with E-state index in [4.69, 9.17) is 4.74 Å². The number of ether oxygens (including phenoxy) is 1. The number of benzene rings is 1. The van der Waals surface area contributed by atoms with Gasteiger partial charge in [0.2, 0.25) is 0 Å². The van der Waals surface area contributed by atoms with Gasteiger partial charge in [0.25, 0.3) is 5.91 Å². The Morgan fingerprint density at radius 2 is 1.92 bits per heavy atom. The number of nitrogens with zero attached hydrogens (tertiary/aromatic N) is 2. The van der Waals surface area contributed by atoms with Gasteiger partial charge in [0.15, 0.2) is 0 Å². The van der Waals surface area contributed by atoms with Crippen LogP contribution in [-0.2, 0) is 4.74 Å². The quantitative estimate of drug-likeness (QED) is 0.730. The van der Waals surface area contributed by atoms with Crippen molar-refractivity contribution < 1.29 is 9.53 Å². The van der Waals surface area contributed by atoms with Crippen LogP contribution < -0.4 is 15.5 Å². The zero-order valence-corrected chi connectivity index (χ0v) is 14.4. The molecule has 2 aromatic rings. The van der Waals surface area contributed by atoms with Crippen LogP contribution in [0.5, 0.6) is 0 Å². The molecule has 0 atom stereocenters. The zero-order chi connectivity index (χ0) is 17.4. The maximum atomic E-state index is 12.4. The Balaban J connectivity index is 1.96. The highest BCUT2D eigenvalue weighted by molar-refractivity contribution is 6.04. The largest absolute Gasteiger partial charge is 0.385 e. The molecule has 0 saturated carbocycles. The highest BCUT2D eigenvalue weighted by Gasteiger charge is 2.08. The molecule has 0 spiro atoms. The third-order valence-electron chi connectivity index (χ3n) is 3.50. The number of pyridine rings is 1. The number of rotatable bonds is 8. The lowest BCUT2D eigenvalue weighted by Crippen LogP contribution is -2.13. The number of amides is 1. The fourth-order valence-corrected chi connectivity index (χ4v) is 2.16. The smallest absolute Gasteiger partial charge is 0.257 e. The van der Waals surface area contributed by atoms with E-state index < -0.39 is 0 Å². The molecule has 1 heterocycles. The van der Waals surface area contributed by atoms with Gasteiger partial charge in [-0.25, -0.2) is 0 Å². The third kappa shape index (κ3) is 5.24. The monoisotopic (exact) mass is 328 g/mol. The van der Waals surface area contributed by atoms with E-state index in [-0.39, 0.29) is 5.91 Å². The topological polar surface area (TPSA) is 66.5 Å². The molecule has 6 nitrogen and oxygen atoms in total. The van der Waals surface area contributed by atoms with E-state index in [9.17, 15) is 4.79 Å². The molecular weight excluding hydrogens is 304 g/mol. The molecule has 0 aliphatic rings. The van der Waals surface area contributed by atoms with Crippen molar-refractivity contribution in [1.82, 2.24) is 4.98 Å². The highest BCUT2D eigenvalue weighted by Crippen LogP contribution is 2.17. The van der Waals surface area contributed by atoms with Gasteiger partial charge in [0, 0.05) is 58.1 Å². The maximum Gasteiger partial charge on any atom is 0.257 e. The Kier molecular flexibility index (Phi) is 6.57. The van der Waals surface area contributed by atoms with E-state index in [1.165, 1.54) is 0 Å². The van der Waals surface area contributed by atoms with Crippen LogP contribution in [0.25, 0.3) is 0 Å². The van der Waals surface area contributed by atoms with Crippen molar-refractivity contribution in [3.05, 3.63) is 48.3 Å². The van der Waals surface area contributed by atoms with E-state index in [0.29, 0.717) is 12.2 Å². The molecule has 1 aromatic carbocycles. The van der Waals surface area contributed by atoms with Crippen LogP contribution in [0, 0.1) is 0 Å². The number of anilines is 3. The summed E-state index contributed by atoms with van der Waals surface area (Å²) in [6, 6.07) is 9.48. The minimum atomic E-state index is -0.180. The van der Waals surface area contributed by atoms with Crippen LogP contribution in [0.1, 0.15) is 16.8 Å². The van der Waals surface area contributed by atoms with Crippen LogP contribution >= 0.6 is 0 Å². The summed E-state index contributed by atoms with van der Waals surface area (Å²) >= 11 is 0. The number of carbonyl (C=O) groups is 1. The summed E-state index contributed by atoms with van der Waals surface area (Å²) in [5.41, 5.74) is 3.17. The first kappa shape index (κ1) is 17.7. The summed E-state index contributed by atoms with van der Waals surface area (Å²) in [4.78, 5) is 18.5. The number of carbonyl (C=O) groups excluding carboxylic acids is 1. The van der Waals surface area contributed by atoms with Crippen molar-refractivity contribution in [2.24, 2.45) is 0 Å². The van der Waals surface area contributed by atoms with E-state index in [1.54, 1.807) is 25.6 Å². The van der Waals surface area contributed by atoms with Crippen molar-refractivity contribution in [1.29, 1.82) is 0 Å². The fourth-order valence-electron chi connectivity index (χ4n) is 2.16. The Morgan fingerprint density at radius 1 is 1.17 bits per heavy atom. The van der Waals surface area contributed by atoms with Crippen LogP contribution in [-0.4, -0.2) is 45.2 Å². The first-order chi connectivity index (χ1) is 11.6. The molecule has 128 valence electrons. The second-order valence-corrected chi connectivity index (χ2v) is 5.63. The summed E-state index contributed by atoms with van der Waals surface area (Å²) in [6.45, 7) is 1.47. The Morgan fingerprint density at radius 3 is 2.58 bits per heavy atom. The fraction of sp³-hybridized carbons (Fsp3) is 0.333. The van der Waals surface area contributed by atoms with E-state index in [0.717, 1.165) is 30.0 Å². The Labute approximate surface area is 142 Å². The van der Waals surface area contributed by atoms with Crippen LogP contribution in [0.2, 0.25) is 0 Å². The van der Waals surface area contributed by atoms with Crippen molar-refractivity contribution in [3.8, 4) is 0 Å². The summed E-state index contributed by atoms with van der Waals surface area (Å²) in [5, 5.41) is 6.11. The summed E-state index contributed by atoms with van der Waals surface area (Å²) in [6.07, 6.45) is 4.16. The second-order valence-electron chi connectivity index (χ2n) is 5.63. The van der Waals surface area contributed by atoms with Crippen LogP contribution in [0.3, 0.4) is 0 Å². The van der Waals surface area contributed by atoms with Gasteiger partial charge in [-0.05, 0) is 36.8 Å². The van der Waals surface area contributed by atoms with E-state index in [1.807, 2.05) is 43.3 Å². The molecule has 0 radical (unpaired) electrons. The average molecular weight is 328 g/mol. The molecule has 0 aliphatic carbocycles. The van der Waals surface area contributed by atoms with Gasteiger partial charge in [0.05, 0.1) is 11.3 Å². The predicted octanol–water partition coefficient (Wildman–Crippen LogP) is 2.85. The first-order valence-corrected chi connectivity index (χ1v) is 7.87. The van der Waals surface area contributed by atoms with Crippen LogP contribution in [0.15, 0.2) is 42.7 Å². The number of hydrogen-bond donors (Lipinski definition) is 2. The first-order valence-electron chi connectivity index (χ1n) is 7.87. The summed E-state index contributed by atoms with van der Waals surface area (Å²) in [5.74, 6) is -0.180. The molecule has 0 unspecified atom stereocenters. The van der Waals surface area contributed by atoms with Gasteiger partial charge in [-0.2, -0.15) is 0 Å². The number of aromatic nitrogens is 1. The Hall–Kier alpha value is -2.60. The third-order valence-corrected chi connectivity index (χ3v) is 3.50. The van der Waals surface area contributed by atoms with Crippen molar-refractivity contribution in [3.63, 3.8) is 0 Å². The minimum absolute atomic E-state index is 0.180. The van der Waals surface area contributed by atoms with Gasteiger partial charge in [-0.15, -0.1) is 0 Å². The SMILES string of the molecule is COCCCNc1cncc(C(=O)Nc2ccc(N(C)C)cc2)c1. The van der Waals surface area contributed by atoms with E-state index >= 15 is 0 Å². The normalized spacial score (nSPS) is 10.3.